The number of amides is 1. The molecule has 1 aliphatic rings. The lowest BCUT2D eigenvalue weighted by atomic mass is 9.95. The number of likely N-dealkylation sites (tertiary alicyclic amines) is 1. The Balaban J connectivity index is 2.08. The van der Waals surface area contributed by atoms with E-state index in [4.69, 9.17) is 9.47 Å². The molecule has 0 bridgehead atoms. The van der Waals surface area contributed by atoms with E-state index in [1.165, 1.54) is 24.1 Å². The molecule has 1 saturated heterocycles. The molecular formula is C26H30N2O6. The first-order chi connectivity index (χ1) is 16.3. The van der Waals surface area contributed by atoms with Gasteiger partial charge in [-0.3, -0.25) is 9.59 Å². The van der Waals surface area contributed by atoms with Gasteiger partial charge >= 0.3 is 0 Å². The van der Waals surface area contributed by atoms with Gasteiger partial charge in [-0.1, -0.05) is 24.8 Å². The molecule has 8 heteroatoms. The van der Waals surface area contributed by atoms with Gasteiger partial charge in [-0.25, -0.2) is 0 Å². The van der Waals surface area contributed by atoms with Crippen molar-refractivity contribution >= 4 is 17.4 Å². The number of ketones is 1. The Morgan fingerprint density at radius 3 is 2.41 bits per heavy atom. The van der Waals surface area contributed by atoms with Gasteiger partial charge in [-0.2, -0.15) is 0 Å². The Labute approximate surface area is 199 Å². The molecule has 8 nitrogen and oxygen atoms in total. The summed E-state index contributed by atoms with van der Waals surface area (Å²) in [6, 6.07) is 10.5. The van der Waals surface area contributed by atoms with E-state index in [2.05, 4.69) is 6.58 Å². The predicted molar refractivity (Wildman–Crippen MR) is 129 cm³/mol. The minimum atomic E-state index is -0.808. The summed E-state index contributed by atoms with van der Waals surface area (Å²) in [4.78, 5) is 29.6. The topological polar surface area (TPSA) is 99.5 Å². The summed E-state index contributed by atoms with van der Waals surface area (Å²) in [5.41, 5.74) is 0.614. The van der Waals surface area contributed by atoms with Gasteiger partial charge in [0, 0.05) is 12.6 Å². The van der Waals surface area contributed by atoms with Gasteiger partial charge in [0.25, 0.3) is 11.7 Å². The number of rotatable bonds is 10. The molecular weight excluding hydrogens is 436 g/mol. The first-order valence-electron chi connectivity index (χ1n) is 10.9. The molecule has 0 aromatic heterocycles. The molecule has 1 heterocycles. The van der Waals surface area contributed by atoms with Gasteiger partial charge in [0.15, 0.2) is 0 Å². The van der Waals surface area contributed by atoms with Crippen LogP contribution in [0.4, 0.5) is 0 Å². The molecule has 2 aromatic carbocycles. The summed E-state index contributed by atoms with van der Waals surface area (Å²) in [7, 11) is 5.32. The molecule has 2 aromatic rings. The van der Waals surface area contributed by atoms with Crippen molar-refractivity contribution in [1.29, 1.82) is 0 Å². The molecule has 0 radical (unpaired) electrons. The lowest BCUT2D eigenvalue weighted by Gasteiger charge is -2.26. The highest BCUT2D eigenvalue weighted by Gasteiger charge is 2.46. The van der Waals surface area contributed by atoms with Crippen LogP contribution in [0.5, 0.6) is 17.2 Å². The van der Waals surface area contributed by atoms with Gasteiger partial charge in [0.05, 0.1) is 24.3 Å². The molecule has 1 aliphatic heterocycles. The first-order valence-corrected chi connectivity index (χ1v) is 10.9. The lowest BCUT2D eigenvalue weighted by molar-refractivity contribution is -0.139. The van der Waals surface area contributed by atoms with Gasteiger partial charge < -0.3 is 29.5 Å². The van der Waals surface area contributed by atoms with Crippen molar-refractivity contribution in [2.45, 2.75) is 12.5 Å². The van der Waals surface area contributed by atoms with E-state index >= 15 is 0 Å². The molecule has 0 aliphatic carbocycles. The summed E-state index contributed by atoms with van der Waals surface area (Å²) in [5.74, 6) is -1.18. The summed E-state index contributed by atoms with van der Waals surface area (Å²) >= 11 is 0. The van der Waals surface area contributed by atoms with Crippen LogP contribution in [0.3, 0.4) is 0 Å². The zero-order valence-electron chi connectivity index (χ0n) is 19.7. The fourth-order valence-corrected chi connectivity index (χ4v) is 3.90. The van der Waals surface area contributed by atoms with Crippen molar-refractivity contribution in [1.82, 2.24) is 9.80 Å². The van der Waals surface area contributed by atoms with Gasteiger partial charge in [0.2, 0.25) is 0 Å². The highest BCUT2D eigenvalue weighted by atomic mass is 16.5. The largest absolute Gasteiger partial charge is 0.507 e. The van der Waals surface area contributed by atoms with Crippen molar-refractivity contribution in [3.63, 3.8) is 0 Å². The molecule has 0 spiro atoms. The van der Waals surface area contributed by atoms with E-state index in [0.29, 0.717) is 36.6 Å². The van der Waals surface area contributed by atoms with Crippen molar-refractivity contribution in [2.75, 3.05) is 40.9 Å². The maximum absolute atomic E-state index is 13.1. The Kier molecular flexibility index (Phi) is 7.96. The number of methoxy groups -OCH3 is 1. The highest BCUT2D eigenvalue weighted by molar-refractivity contribution is 6.46. The molecule has 3 rings (SSSR count). The summed E-state index contributed by atoms with van der Waals surface area (Å²) in [6.07, 6.45) is 2.28. The van der Waals surface area contributed by atoms with Crippen LogP contribution in [-0.2, 0) is 9.59 Å². The van der Waals surface area contributed by atoms with E-state index in [-0.39, 0.29) is 16.9 Å². The average Bonchev–Trinajstić information content (AvgIpc) is 3.07. The number of aromatic hydroxyl groups is 1. The number of aliphatic hydroxyl groups is 1. The first kappa shape index (κ1) is 24.9. The van der Waals surface area contributed by atoms with Crippen LogP contribution in [0, 0.1) is 0 Å². The number of benzene rings is 2. The zero-order chi connectivity index (χ0) is 24.8. The number of hydrogen-bond acceptors (Lipinski definition) is 7. The van der Waals surface area contributed by atoms with Crippen molar-refractivity contribution in [3.05, 3.63) is 71.8 Å². The van der Waals surface area contributed by atoms with Crippen LogP contribution in [0.2, 0.25) is 0 Å². The third-order valence-corrected chi connectivity index (χ3v) is 5.57. The second-order valence-electron chi connectivity index (χ2n) is 8.20. The number of aliphatic hydroxyl groups excluding tert-OH is 1. The van der Waals surface area contributed by atoms with Gasteiger partial charge in [-0.05, 0) is 56.9 Å². The predicted octanol–water partition coefficient (Wildman–Crippen LogP) is 3.34. The number of ether oxygens (including phenoxy) is 2. The average molecular weight is 467 g/mol. The normalized spacial score (nSPS) is 17.3. The molecule has 34 heavy (non-hydrogen) atoms. The molecule has 1 amide bonds. The molecule has 1 atom stereocenters. The number of hydrogen-bond donors (Lipinski definition) is 2. The monoisotopic (exact) mass is 466 g/mol. The SMILES string of the molecule is C=CCOc1ccc(C2C(=C(O)c3ccc(OC)cc3O)C(=O)C(=O)N2CCCN(C)C)cc1. The molecule has 2 N–H and O–H groups in total. The van der Waals surface area contributed by atoms with E-state index in [0.717, 1.165) is 6.54 Å². The number of phenolic OH excluding ortho intramolecular Hbond substituents is 1. The van der Waals surface area contributed by atoms with Crippen LogP contribution >= 0.6 is 0 Å². The minimum Gasteiger partial charge on any atom is -0.507 e. The van der Waals surface area contributed by atoms with Crippen molar-refractivity contribution in [3.8, 4) is 17.2 Å². The molecule has 0 saturated carbocycles. The second-order valence-corrected chi connectivity index (χ2v) is 8.20. The van der Waals surface area contributed by atoms with E-state index in [9.17, 15) is 19.8 Å². The Morgan fingerprint density at radius 2 is 1.82 bits per heavy atom. The van der Waals surface area contributed by atoms with E-state index < -0.39 is 23.5 Å². The number of phenols is 1. The minimum absolute atomic E-state index is 0.0445. The van der Waals surface area contributed by atoms with E-state index in [1.807, 2.05) is 19.0 Å². The Bertz CT molecular complexity index is 1090. The lowest BCUT2D eigenvalue weighted by Crippen LogP contribution is -2.32. The van der Waals surface area contributed by atoms with Crippen LogP contribution < -0.4 is 9.47 Å². The maximum atomic E-state index is 13.1. The zero-order valence-corrected chi connectivity index (χ0v) is 19.7. The Morgan fingerprint density at radius 1 is 1.15 bits per heavy atom. The second kappa shape index (κ2) is 10.9. The summed E-state index contributed by atoms with van der Waals surface area (Å²) in [6.45, 7) is 5.03. The number of carbonyl (C=O) groups excluding carboxylic acids is 2. The van der Waals surface area contributed by atoms with Crippen molar-refractivity contribution in [2.24, 2.45) is 0 Å². The van der Waals surface area contributed by atoms with Crippen LogP contribution in [0.1, 0.15) is 23.6 Å². The highest BCUT2D eigenvalue weighted by Crippen LogP contribution is 2.41. The smallest absolute Gasteiger partial charge is 0.295 e. The summed E-state index contributed by atoms with van der Waals surface area (Å²) < 4.78 is 10.6. The fourth-order valence-electron chi connectivity index (χ4n) is 3.90. The van der Waals surface area contributed by atoms with Gasteiger partial charge in [0.1, 0.15) is 29.6 Å². The number of nitrogens with zero attached hydrogens (tertiary/aromatic N) is 2. The fraction of sp³-hybridized carbons (Fsp3) is 0.308. The molecule has 1 unspecified atom stereocenters. The Hall–Kier alpha value is -3.78. The van der Waals surface area contributed by atoms with Crippen LogP contribution in [0.15, 0.2) is 60.7 Å². The maximum Gasteiger partial charge on any atom is 0.295 e. The quantitative estimate of drug-likeness (QED) is 0.240. The van der Waals surface area contributed by atoms with E-state index in [1.54, 1.807) is 36.4 Å². The number of Topliss-reactive ketones (excluding diaryl/α,β-unsaturated/α-hetero) is 1. The standard InChI is InChI=1S/C26H30N2O6/c1-5-15-34-18-9-7-17(8-10-18)23-22(24(30)20-12-11-19(33-4)16-21(20)29)25(31)26(32)28(23)14-6-13-27(2)3/h5,7-12,16,23,29-30H,1,6,13-15H2,2-4H3. The molecule has 180 valence electrons. The van der Waals surface area contributed by atoms with Gasteiger partial charge in [-0.15, -0.1) is 0 Å². The van der Waals surface area contributed by atoms with Crippen molar-refractivity contribution < 1.29 is 29.3 Å². The summed E-state index contributed by atoms with van der Waals surface area (Å²) in [5, 5.41) is 21.6. The third kappa shape index (κ3) is 5.23. The number of carbonyl (C=O) groups is 2. The third-order valence-electron chi connectivity index (χ3n) is 5.57. The van der Waals surface area contributed by atoms with Crippen LogP contribution in [0.25, 0.3) is 5.76 Å². The van der Waals surface area contributed by atoms with Crippen LogP contribution in [-0.4, -0.2) is 72.6 Å². The molecule has 1 fully saturated rings.